The average molecular weight is 344 g/mol. The highest BCUT2D eigenvalue weighted by Crippen LogP contribution is 2.11. The zero-order valence-corrected chi connectivity index (χ0v) is 13.2. The Kier molecular flexibility index (Phi) is 6.05. The molecule has 2 rings (SSSR count). The summed E-state index contributed by atoms with van der Waals surface area (Å²) in [6, 6.07) is 14.0. The predicted octanol–water partition coefficient (Wildman–Crippen LogP) is 2.09. The fourth-order valence-electron chi connectivity index (χ4n) is 1.63. The van der Waals surface area contributed by atoms with E-state index in [0.717, 1.165) is 0 Å². The van der Waals surface area contributed by atoms with E-state index >= 15 is 0 Å². The highest BCUT2D eigenvalue weighted by Gasteiger charge is 2.04. The summed E-state index contributed by atoms with van der Waals surface area (Å²) in [5.74, 6) is -0.327. The number of benzene rings is 2. The number of nitrogens with one attached hydrogen (secondary N) is 3. The Morgan fingerprint density at radius 3 is 2.42 bits per heavy atom. The summed E-state index contributed by atoms with van der Waals surface area (Å²) in [5, 5.41) is 11.6. The third-order valence-electron chi connectivity index (χ3n) is 2.77. The zero-order valence-electron chi connectivity index (χ0n) is 12.4. The Balaban J connectivity index is 1.71. The lowest BCUT2D eigenvalue weighted by Crippen LogP contribution is -2.45. The number of carbonyl (C=O) groups excluding carboxylic acids is 1. The van der Waals surface area contributed by atoms with Crippen molar-refractivity contribution in [3.63, 3.8) is 0 Å². The lowest BCUT2D eigenvalue weighted by Gasteiger charge is -2.12. The van der Waals surface area contributed by atoms with Gasteiger partial charge in [0, 0.05) is 5.69 Å². The number of hydrazine groups is 1. The number of ether oxygens (including phenoxy) is 1. The van der Waals surface area contributed by atoms with E-state index in [-0.39, 0.29) is 17.5 Å². The topological polar surface area (TPSA) is 86.2 Å². The minimum absolute atomic E-state index is 0.147. The maximum absolute atomic E-state index is 12.8. The van der Waals surface area contributed by atoms with Crippen LogP contribution in [0.4, 0.5) is 10.1 Å². The Morgan fingerprint density at radius 2 is 1.79 bits per heavy atom. The molecule has 0 bridgehead atoms. The monoisotopic (exact) mass is 344 g/mol. The minimum atomic E-state index is -0.442. The predicted molar refractivity (Wildman–Crippen MR) is 90.6 cm³/mol. The van der Waals surface area contributed by atoms with Gasteiger partial charge < -0.3 is 10.1 Å². The van der Waals surface area contributed by atoms with Crippen LogP contribution in [-0.2, 0) is 4.79 Å². The lowest BCUT2D eigenvalue weighted by atomic mass is 10.2. The average Bonchev–Trinajstić information content (AvgIpc) is 2.60. The number of hydrogen-bond donors (Lipinski definition) is 3. The zero-order chi connectivity index (χ0) is 17.4. The van der Waals surface area contributed by atoms with E-state index in [1.165, 1.54) is 24.3 Å². The molecule has 8 heteroatoms. The summed E-state index contributed by atoms with van der Waals surface area (Å²) in [5.41, 5.74) is 5.95. The Labute approximate surface area is 143 Å². The van der Waals surface area contributed by atoms with Crippen LogP contribution in [0.5, 0.6) is 5.75 Å². The first-order chi connectivity index (χ1) is 11.6. The van der Waals surface area contributed by atoms with Gasteiger partial charge in [-0.05, 0) is 60.7 Å². The van der Waals surface area contributed by atoms with E-state index in [2.05, 4.69) is 16.2 Å². The molecule has 0 unspecified atom stereocenters. The minimum Gasteiger partial charge on any atom is -0.484 e. The van der Waals surface area contributed by atoms with Crippen LogP contribution in [0.3, 0.4) is 0 Å². The van der Waals surface area contributed by atoms with Gasteiger partial charge in [0.25, 0.3) is 5.91 Å². The summed E-state index contributed by atoms with van der Waals surface area (Å²) in [6.45, 7) is -0.224. The van der Waals surface area contributed by atoms with Crippen LogP contribution in [0.1, 0.15) is 5.56 Å². The molecule has 0 radical (unpaired) electrons. The van der Waals surface area contributed by atoms with Gasteiger partial charge in [0.2, 0.25) is 0 Å². The molecule has 0 spiro atoms. The van der Waals surface area contributed by atoms with Crippen molar-refractivity contribution in [2.75, 3.05) is 11.9 Å². The molecule has 0 aliphatic rings. The number of hydrogen-bond acceptors (Lipinski definition) is 4. The van der Waals surface area contributed by atoms with Gasteiger partial charge in [-0.2, -0.15) is 5.26 Å². The molecule has 0 saturated heterocycles. The van der Waals surface area contributed by atoms with E-state index in [1.807, 2.05) is 6.07 Å². The summed E-state index contributed by atoms with van der Waals surface area (Å²) < 4.78 is 18.0. The summed E-state index contributed by atoms with van der Waals surface area (Å²) in [7, 11) is 0. The number of nitriles is 1. The fourth-order valence-corrected chi connectivity index (χ4v) is 1.80. The molecule has 1 amide bonds. The van der Waals surface area contributed by atoms with Gasteiger partial charge in [-0.15, -0.1) is 0 Å². The molecule has 0 heterocycles. The first kappa shape index (κ1) is 17.2. The largest absolute Gasteiger partial charge is 0.484 e. The van der Waals surface area contributed by atoms with Crippen molar-refractivity contribution in [1.82, 2.24) is 10.9 Å². The second kappa shape index (κ2) is 8.45. The first-order valence-electron chi connectivity index (χ1n) is 6.81. The van der Waals surface area contributed by atoms with Gasteiger partial charge in [-0.3, -0.25) is 15.6 Å². The van der Waals surface area contributed by atoms with Gasteiger partial charge in [-0.1, -0.05) is 0 Å². The number of anilines is 1. The van der Waals surface area contributed by atoms with Crippen molar-refractivity contribution in [2.24, 2.45) is 0 Å². The number of rotatable bonds is 4. The Hall–Kier alpha value is -3.18. The molecule has 2 aromatic rings. The molecule has 0 fully saturated rings. The molecule has 0 aliphatic heterocycles. The van der Waals surface area contributed by atoms with Gasteiger partial charge in [0.1, 0.15) is 11.6 Å². The highest BCUT2D eigenvalue weighted by atomic mass is 32.1. The van der Waals surface area contributed by atoms with Crippen molar-refractivity contribution in [1.29, 1.82) is 5.26 Å². The highest BCUT2D eigenvalue weighted by molar-refractivity contribution is 7.80. The van der Waals surface area contributed by atoms with Crippen molar-refractivity contribution < 1.29 is 13.9 Å². The third-order valence-corrected chi connectivity index (χ3v) is 2.98. The van der Waals surface area contributed by atoms with Crippen LogP contribution in [0.15, 0.2) is 48.5 Å². The van der Waals surface area contributed by atoms with Crippen molar-refractivity contribution in [3.8, 4) is 11.8 Å². The van der Waals surface area contributed by atoms with Gasteiger partial charge in [-0.25, -0.2) is 4.39 Å². The summed E-state index contributed by atoms with van der Waals surface area (Å²) >= 11 is 4.99. The second-order valence-electron chi connectivity index (χ2n) is 4.56. The molecule has 24 heavy (non-hydrogen) atoms. The van der Waals surface area contributed by atoms with Crippen LogP contribution >= 0.6 is 12.2 Å². The molecule has 0 saturated carbocycles. The first-order valence-corrected chi connectivity index (χ1v) is 7.22. The van der Waals surface area contributed by atoms with Crippen LogP contribution in [0.2, 0.25) is 0 Å². The van der Waals surface area contributed by atoms with E-state index in [0.29, 0.717) is 17.0 Å². The number of halogens is 1. The van der Waals surface area contributed by atoms with Crippen molar-refractivity contribution >= 4 is 28.9 Å². The van der Waals surface area contributed by atoms with Gasteiger partial charge >= 0.3 is 0 Å². The molecule has 122 valence electrons. The van der Waals surface area contributed by atoms with Crippen molar-refractivity contribution in [2.45, 2.75) is 0 Å². The summed E-state index contributed by atoms with van der Waals surface area (Å²) in [4.78, 5) is 11.7. The molecular formula is C16H13FN4O2S. The molecule has 0 aromatic heterocycles. The van der Waals surface area contributed by atoms with Crippen LogP contribution in [0.25, 0.3) is 0 Å². The molecule has 0 aliphatic carbocycles. The van der Waals surface area contributed by atoms with E-state index < -0.39 is 5.91 Å². The number of amides is 1. The normalized spacial score (nSPS) is 9.50. The molecule has 0 atom stereocenters. The molecular weight excluding hydrogens is 331 g/mol. The maximum atomic E-state index is 12.8. The molecule has 6 nitrogen and oxygen atoms in total. The maximum Gasteiger partial charge on any atom is 0.276 e. The fraction of sp³-hybridized carbons (Fsp3) is 0.0625. The van der Waals surface area contributed by atoms with E-state index in [9.17, 15) is 9.18 Å². The standard InChI is InChI=1S/C16H13FN4O2S/c17-12-3-5-13(6-4-12)19-16(24)21-20-15(22)10-23-14-7-1-11(9-18)2-8-14/h1-8H,10H2,(H,20,22)(H2,19,21,24). The number of carbonyl (C=O) groups is 1. The number of thiocarbonyl (C=S) groups is 1. The number of nitrogens with zero attached hydrogens (tertiary/aromatic N) is 1. The van der Waals surface area contributed by atoms with Gasteiger partial charge in [0.05, 0.1) is 11.6 Å². The van der Waals surface area contributed by atoms with Crippen molar-refractivity contribution in [3.05, 3.63) is 59.9 Å². The molecule has 2 aromatic carbocycles. The quantitative estimate of drug-likeness (QED) is 0.582. The second-order valence-corrected chi connectivity index (χ2v) is 4.97. The van der Waals surface area contributed by atoms with E-state index in [4.69, 9.17) is 22.2 Å². The Bertz CT molecular complexity index is 757. The SMILES string of the molecule is N#Cc1ccc(OCC(=O)NNC(=S)Nc2ccc(F)cc2)cc1. The van der Waals surface area contributed by atoms with Crippen LogP contribution in [-0.4, -0.2) is 17.6 Å². The third kappa shape index (κ3) is 5.55. The van der Waals surface area contributed by atoms with Gasteiger partial charge in [0.15, 0.2) is 11.7 Å². The molecule has 3 N–H and O–H groups in total. The van der Waals surface area contributed by atoms with Crippen LogP contribution in [0, 0.1) is 17.1 Å². The van der Waals surface area contributed by atoms with Crippen LogP contribution < -0.4 is 20.9 Å². The smallest absolute Gasteiger partial charge is 0.276 e. The Morgan fingerprint density at radius 1 is 1.12 bits per heavy atom. The summed E-state index contributed by atoms with van der Waals surface area (Å²) in [6.07, 6.45) is 0. The lowest BCUT2D eigenvalue weighted by molar-refractivity contribution is -0.123. The van der Waals surface area contributed by atoms with E-state index in [1.54, 1.807) is 24.3 Å².